The van der Waals surface area contributed by atoms with E-state index >= 15 is 0 Å². The fourth-order valence-corrected chi connectivity index (χ4v) is 14.6. The molecule has 2 atom stereocenters. The summed E-state index contributed by atoms with van der Waals surface area (Å²) in [7, 11) is 0. The summed E-state index contributed by atoms with van der Waals surface area (Å²) in [5.74, 6) is 0.230. The summed E-state index contributed by atoms with van der Waals surface area (Å²) in [6.07, 6.45) is 20.7. The number of aryl methyl sites for hydroxylation is 2. The normalized spacial score (nSPS) is 16.9. The van der Waals surface area contributed by atoms with Crippen LogP contribution in [0.25, 0.3) is 34.4 Å². The zero-order valence-corrected chi connectivity index (χ0v) is 35.0. The molecule has 0 bridgehead atoms. The maximum absolute atomic E-state index is 2.65. The van der Waals surface area contributed by atoms with E-state index < -0.39 is 5.92 Å². The van der Waals surface area contributed by atoms with Crippen LogP contribution in [0.1, 0.15) is 137 Å². The van der Waals surface area contributed by atoms with E-state index in [1.807, 2.05) is 23.9 Å². The molecule has 50 heavy (non-hydrogen) atoms. The fourth-order valence-electron chi connectivity index (χ4n) is 8.64. The van der Waals surface area contributed by atoms with Crippen LogP contribution in [0.5, 0.6) is 0 Å². The number of fused-ring (bicyclic) bond motifs is 2. The first-order valence-electron chi connectivity index (χ1n) is 20.1. The predicted molar refractivity (Wildman–Crippen MR) is 218 cm³/mol. The third kappa shape index (κ3) is 8.73. The Morgan fingerprint density at radius 3 is 1.30 bits per heavy atom. The summed E-state index contributed by atoms with van der Waals surface area (Å²) in [6.45, 7) is 9.16. The van der Waals surface area contributed by atoms with E-state index in [0.717, 1.165) is 12.8 Å². The molecule has 0 aliphatic heterocycles. The molecule has 4 aromatic carbocycles. The number of unbranched alkanes of at least 4 members (excludes halogenated alkanes) is 6. The van der Waals surface area contributed by atoms with E-state index in [1.54, 1.807) is 22.3 Å². The molecule has 2 aliphatic rings. The second-order valence-electron chi connectivity index (χ2n) is 15.1. The van der Waals surface area contributed by atoms with Crippen LogP contribution in [-0.4, -0.2) is 5.92 Å². The Labute approximate surface area is 320 Å². The zero-order chi connectivity index (χ0) is 34.9. The second kappa shape index (κ2) is 18.3. The molecule has 0 nitrogen and oxygen atoms in total. The molecule has 0 heterocycles. The van der Waals surface area contributed by atoms with Crippen LogP contribution in [-0.2, 0) is 36.7 Å². The van der Waals surface area contributed by atoms with Crippen LogP contribution < -0.4 is 0 Å². The van der Waals surface area contributed by atoms with Gasteiger partial charge in [-0.05, 0) is 0 Å². The Morgan fingerprint density at radius 2 is 0.920 bits per heavy atom. The van der Waals surface area contributed by atoms with Crippen molar-refractivity contribution in [2.45, 2.75) is 129 Å². The van der Waals surface area contributed by atoms with Gasteiger partial charge in [0.05, 0.1) is 0 Å². The minimum atomic E-state index is -0.990. The van der Waals surface area contributed by atoms with Gasteiger partial charge in [0.15, 0.2) is 0 Å². The first-order valence-corrected chi connectivity index (χ1v) is 26.6. The second-order valence-corrected chi connectivity index (χ2v) is 23.4. The molecule has 4 aromatic rings. The first-order chi connectivity index (χ1) is 24.5. The molecular formula is C48H59SiZr. The monoisotopic (exact) mass is 753 g/mol. The Kier molecular flexibility index (Phi) is 13.6. The van der Waals surface area contributed by atoms with Crippen LogP contribution in [0.2, 0.25) is 12.1 Å². The number of allylic oxidation sites excluding steroid dienone is 2. The molecule has 2 aliphatic carbocycles. The van der Waals surface area contributed by atoms with Gasteiger partial charge in [-0.15, -0.1) is 0 Å². The molecule has 0 saturated carbocycles. The van der Waals surface area contributed by atoms with Crippen molar-refractivity contribution in [1.82, 2.24) is 0 Å². The fraction of sp³-hybridized carbons (Fsp3) is 0.417. The molecule has 0 fully saturated rings. The Balaban J connectivity index is 1.27. The van der Waals surface area contributed by atoms with Crippen LogP contribution in [0.3, 0.4) is 0 Å². The predicted octanol–water partition coefficient (Wildman–Crippen LogP) is 14.0. The van der Waals surface area contributed by atoms with Crippen molar-refractivity contribution in [3.8, 4) is 22.3 Å². The van der Waals surface area contributed by atoms with E-state index in [0.29, 0.717) is 11.8 Å². The van der Waals surface area contributed by atoms with Gasteiger partial charge in [-0.25, -0.2) is 0 Å². The average molecular weight is 755 g/mol. The number of hydrogen-bond donors (Lipinski definition) is 0. The zero-order valence-electron chi connectivity index (χ0n) is 31.4. The first kappa shape index (κ1) is 37.2. The van der Waals surface area contributed by atoms with Crippen molar-refractivity contribution in [3.63, 3.8) is 0 Å². The Bertz CT molecular complexity index is 1630. The summed E-state index contributed by atoms with van der Waals surface area (Å²) in [5, 5.41) is 0. The van der Waals surface area contributed by atoms with Gasteiger partial charge in [0, 0.05) is 0 Å². The van der Waals surface area contributed by atoms with Crippen LogP contribution in [0.4, 0.5) is 0 Å². The summed E-state index contributed by atoms with van der Waals surface area (Å²) >= 11 is 1.83. The average Bonchev–Trinajstić information content (AvgIpc) is 3.69. The SMILES string of the molecule is CCCCCCC1=Cc2c(-c3ccc(CC)cc3)cccc2C1C[SiH]([Zr])CC1C(CCCCCC)=Cc2c(-c3ccc(CC)cc3)cccc21. The van der Waals surface area contributed by atoms with Gasteiger partial charge in [0.1, 0.15) is 0 Å². The van der Waals surface area contributed by atoms with Crippen molar-refractivity contribution in [2.75, 3.05) is 0 Å². The molecule has 0 spiro atoms. The van der Waals surface area contributed by atoms with Crippen molar-refractivity contribution < 1.29 is 23.9 Å². The number of benzene rings is 4. The van der Waals surface area contributed by atoms with Gasteiger partial charge in [-0.1, -0.05) is 0 Å². The summed E-state index contributed by atoms with van der Waals surface area (Å²) < 4.78 is 0. The molecule has 259 valence electrons. The van der Waals surface area contributed by atoms with Gasteiger partial charge in [-0.3, -0.25) is 0 Å². The Hall–Kier alpha value is -2.54. The van der Waals surface area contributed by atoms with Gasteiger partial charge in [-0.2, -0.15) is 0 Å². The molecule has 6 rings (SSSR count). The molecule has 2 unspecified atom stereocenters. The standard InChI is InChI=1S/C48H59Si.Zr/c1-5-9-11-13-17-39-31-45-41(37-27-23-35(7-3)24-28-37)19-15-21-43(45)47(39)33-49-34-48-40(18-14-12-10-6-2)32-46-42(20-16-22-44(46)48)38-29-25-36(8-4)26-30-38;/h15-16,19-32,47-49H,5-14,17-18,33-34H2,1-4H3;. The molecular weight excluding hydrogens is 696 g/mol. The third-order valence-corrected chi connectivity index (χ3v) is 17.2. The van der Waals surface area contributed by atoms with Crippen LogP contribution >= 0.6 is 0 Å². The van der Waals surface area contributed by atoms with Crippen molar-refractivity contribution in [1.29, 1.82) is 0 Å². The minimum absolute atomic E-state index is 0.610. The summed E-state index contributed by atoms with van der Waals surface area (Å²) in [5.41, 5.74) is 18.2. The van der Waals surface area contributed by atoms with Crippen molar-refractivity contribution in [3.05, 3.63) is 129 Å². The van der Waals surface area contributed by atoms with Gasteiger partial charge in [0.25, 0.3) is 0 Å². The van der Waals surface area contributed by atoms with E-state index in [2.05, 4.69) is 125 Å². The van der Waals surface area contributed by atoms with Crippen LogP contribution in [0, 0.1) is 0 Å². The molecule has 0 saturated heterocycles. The third-order valence-electron chi connectivity index (χ3n) is 11.6. The summed E-state index contributed by atoms with van der Waals surface area (Å²) in [6, 6.07) is 36.0. The molecule has 0 radical (unpaired) electrons. The van der Waals surface area contributed by atoms with Gasteiger partial charge in [0.2, 0.25) is 0 Å². The molecule has 2 heteroatoms. The van der Waals surface area contributed by atoms with Gasteiger partial charge >= 0.3 is 322 Å². The summed E-state index contributed by atoms with van der Waals surface area (Å²) in [4.78, 5) is 0. The van der Waals surface area contributed by atoms with Gasteiger partial charge < -0.3 is 0 Å². The van der Waals surface area contributed by atoms with Crippen molar-refractivity contribution in [2.24, 2.45) is 0 Å². The van der Waals surface area contributed by atoms with Crippen molar-refractivity contribution >= 4 is 18.1 Å². The molecule has 0 amide bonds. The Morgan fingerprint density at radius 1 is 0.500 bits per heavy atom. The quantitative estimate of drug-likeness (QED) is 0.0701. The number of hydrogen-bond acceptors (Lipinski definition) is 0. The molecule has 0 aromatic heterocycles. The van der Waals surface area contributed by atoms with E-state index in [9.17, 15) is 0 Å². The van der Waals surface area contributed by atoms with Crippen LogP contribution in [0.15, 0.2) is 96.1 Å². The molecule has 0 N–H and O–H groups in total. The number of rotatable bonds is 18. The maximum atomic E-state index is 2.65. The van der Waals surface area contributed by atoms with E-state index in [-0.39, 0.29) is 0 Å². The van der Waals surface area contributed by atoms with E-state index in [1.165, 1.54) is 121 Å². The topological polar surface area (TPSA) is 0 Å². The van der Waals surface area contributed by atoms with E-state index in [4.69, 9.17) is 0 Å².